The summed E-state index contributed by atoms with van der Waals surface area (Å²) in [6, 6.07) is 16.4. The van der Waals surface area contributed by atoms with Crippen LogP contribution in [0.1, 0.15) is 30.2 Å². The molecule has 2 aromatic carbocycles. The molecule has 226 valence electrons. The van der Waals surface area contributed by atoms with Crippen LogP contribution in [0.2, 0.25) is 0 Å². The Morgan fingerprint density at radius 2 is 1.83 bits per heavy atom. The van der Waals surface area contributed by atoms with Crippen molar-refractivity contribution in [2.24, 2.45) is 0 Å². The van der Waals surface area contributed by atoms with E-state index >= 15 is 0 Å². The molecule has 4 rings (SSSR count). The fraction of sp³-hybridized carbons (Fsp3) is 0.469. The maximum atomic E-state index is 14.2. The minimum atomic E-state index is -0.854. The molecule has 1 aliphatic heterocycles. The number of carbonyl (C=O) groups excluding carboxylic acids is 3. The zero-order chi connectivity index (χ0) is 30.1. The topological polar surface area (TPSA) is 111 Å². The van der Waals surface area contributed by atoms with Crippen molar-refractivity contribution in [2.75, 3.05) is 40.4 Å². The van der Waals surface area contributed by atoms with Crippen molar-refractivity contribution in [3.63, 3.8) is 0 Å². The van der Waals surface area contributed by atoms with Crippen molar-refractivity contribution in [3.05, 3.63) is 70.4 Å². The second-order valence-corrected chi connectivity index (χ2v) is 12.1. The van der Waals surface area contributed by atoms with E-state index in [1.165, 1.54) is 21.1 Å². The van der Waals surface area contributed by atoms with Gasteiger partial charge >= 0.3 is 0 Å². The fourth-order valence-corrected chi connectivity index (χ4v) is 5.96. The molecule has 9 nitrogen and oxygen atoms in total. The highest BCUT2D eigenvalue weighted by atomic mass is 32.1. The minimum Gasteiger partial charge on any atom is -0.392 e. The third-order valence-electron chi connectivity index (χ3n) is 7.76. The standard InChI is InChI=1S/C32H42N4O5S/c1-22(37)19-34-31(39)28(18-27-11-7-15-42-27)36(3)32(40)29(17-23-12-13-24-8-4-5-9-25(24)16-23)35(2)30(38)21-41-20-26-10-6-14-33-26/h4-5,7-9,11-13,15-16,22,26,28-29,33,37H,6,10,14,17-21H2,1-3H3,(H,34,39)/t22-,26-,28-,29-/m1/s1. The molecule has 0 aliphatic carbocycles. The monoisotopic (exact) mass is 594 g/mol. The summed E-state index contributed by atoms with van der Waals surface area (Å²) in [5, 5.41) is 19.9. The number of rotatable bonds is 14. The van der Waals surface area contributed by atoms with Crippen molar-refractivity contribution >= 4 is 39.8 Å². The molecule has 2 heterocycles. The second kappa shape index (κ2) is 15.2. The van der Waals surface area contributed by atoms with Crippen LogP contribution in [0.4, 0.5) is 0 Å². The lowest BCUT2D eigenvalue weighted by atomic mass is 9.99. The molecular weight excluding hydrogens is 552 g/mol. The molecule has 0 bridgehead atoms. The van der Waals surface area contributed by atoms with Gasteiger partial charge in [0.1, 0.15) is 18.7 Å². The third-order valence-corrected chi connectivity index (χ3v) is 8.66. The number of thiophene rings is 1. The number of carbonyl (C=O) groups is 3. The number of nitrogens with one attached hydrogen (secondary N) is 2. The van der Waals surface area contributed by atoms with E-state index in [0.29, 0.717) is 13.0 Å². The van der Waals surface area contributed by atoms with Gasteiger partial charge in [-0.2, -0.15) is 0 Å². The van der Waals surface area contributed by atoms with Crippen LogP contribution in [0.25, 0.3) is 10.8 Å². The SMILES string of the molecule is C[C@@H](O)CNC(=O)[C@@H](Cc1cccs1)N(C)C(=O)[C@@H](Cc1ccc2ccccc2c1)N(C)C(=O)COC[C@H]1CCCN1. The summed E-state index contributed by atoms with van der Waals surface area (Å²) >= 11 is 1.51. The highest BCUT2D eigenvalue weighted by Gasteiger charge is 2.35. The van der Waals surface area contributed by atoms with Crippen molar-refractivity contribution in [1.29, 1.82) is 0 Å². The van der Waals surface area contributed by atoms with Crippen LogP contribution in [-0.4, -0.2) is 97.3 Å². The predicted octanol–water partition coefficient (Wildman–Crippen LogP) is 2.61. The van der Waals surface area contributed by atoms with Crippen LogP contribution in [-0.2, 0) is 32.0 Å². The van der Waals surface area contributed by atoms with Crippen molar-refractivity contribution in [2.45, 2.75) is 56.8 Å². The molecule has 4 atom stereocenters. The molecule has 42 heavy (non-hydrogen) atoms. The lowest BCUT2D eigenvalue weighted by Gasteiger charge is -2.34. The second-order valence-electron chi connectivity index (χ2n) is 11.1. The van der Waals surface area contributed by atoms with E-state index < -0.39 is 18.2 Å². The number of aliphatic hydroxyl groups is 1. The Labute approximate surface area is 251 Å². The van der Waals surface area contributed by atoms with E-state index in [2.05, 4.69) is 10.6 Å². The molecule has 1 saturated heterocycles. The number of benzene rings is 2. The number of nitrogens with zero attached hydrogens (tertiary/aromatic N) is 2. The van der Waals surface area contributed by atoms with Gasteiger partial charge in [0.2, 0.25) is 17.7 Å². The number of hydrogen-bond donors (Lipinski definition) is 3. The Morgan fingerprint density at radius 1 is 1.05 bits per heavy atom. The molecule has 3 amide bonds. The first kappa shape index (κ1) is 31.6. The first-order valence-corrected chi connectivity index (χ1v) is 15.4. The zero-order valence-electron chi connectivity index (χ0n) is 24.6. The average Bonchev–Trinajstić information content (AvgIpc) is 3.71. The van der Waals surface area contributed by atoms with Crippen LogP contribution < -0.4 is 10.6 Å². The van der Waals surface area contributed by atoms with Gasteiger partial charge in [-0.15, -0.1) is 11.3 Å². The molecule has 3 aromatic rings. The Bertz CT molecular complexity index is 1330. The average molecular weight is 595 g/mol. The maximum Gasteiger partial charge on any atom is 0.249 e. The molecule has 3 N–H and O–H groups in total. The smallest absolute Gasteiger partial charge is 0.249 e. The summed E-state index contributed by atoms with van der Waals surface area (Å²) in [7, 11) is 3.23. The predicted molar refractivity (Wildman–Crippen MR) is 165 cm³/mol. The first-order valence-electron chi connectivity index (χ1n) is 14.5. The summed E-state index contributed by atoms with van der Waals surface area (Å²) in [6.07, 6.45) is 1.99. The highest BCUT2D eigenvalue weighted by Crippen LogP contribution is 2.21. The molecule has 1 fully saturated rings. The van der Waals surface area contributed by atoms with E-state index in [1.807, 2.05) is 60.0 Å². The number of fused-ring (bicyclic) bond motifs is 1. The van der Waals surface area contributed by atoms with Gasteiger partial charge in [0.05, 0.1) is 12.7 Å². The first-order chi connectivity index (χ1) is 20.2. The number of aliphatic hydroxyl groups excluding tert-OH is 1. The molecule has 1 aliphatic rings. The largest absolute Gasteiger partial charge is 0.392 e. The fourth-order valence-electron chi connectivity index (χ4n) is 5.22. The van der Waals surface area contributed by atoms with Crippen molar-refractivity contribution < 1.29 is 24.2 Å². The van der Waals surface area contributed by atoms with Crippen LogP contribution in [0, 0.1) is 0 Å². The summed E-state index contributed by atoms with van der Waals surface area (Å²) < 4.78 is 5.74. The summed E-state index contributed by atoms with van der Waals surface area (Å²) in [4.78, 5) is 44.7. The van der Waals surface area contributed by atoms with Gasteiger partial charge in [-0.05, 0) is 54.1 Å². The Hall–Kier alpha value is -3.31. The molecular formula is C32H42N4O5S. The molecule has 0 saturated carbocycles. The van der Waals surface area contributed by atoms with Crippen LogP contribution in [0.3, 0.4) is 0 Å². The van der Waals surface area contributed by atoms with Gasteiger partial charge in [0.15, 0.2) is 0 Å². The van der Waals surface area contributed by atoms with Crippen LogP contribution >= 0.6 is 11.3 Å². The number of likely N-dealkylation sites (N-methyl/N-ethyl adjacent to an activating group) is 2. The van der Waals surface area contributed by atoms with Crippen molar-refractivity contribution in [1.82, 2.24) is 20.4 Å². The molecule has 1 aromatic heterocycles. The third kappa shape index (κ3) is 8.61. The lowest BCUT2D eigenvalue weighted by molar-refractivity contribution is -0.149. The van der Waals surface area contributed by atoms with Gasteiger partial charge in [0, 0.05) is 44.4 Å². The summed E-state index contributed by atoms with van der Waals surface area (Å²) in [6.45, 7) is 2.93. The molecule has 0 spiro atoms. The van der Waals surface area contributed by atoms with E-state index in [4.69, 9.17) is 4.74 Å². The quantitative estimate of drug-likeness (QED) is 0.265. The summed E-state index contributed by atoms with van der Waals surface area (Å²) in [5.41, 5.74) is 0.907. The number of ether oxygens (including phenoxy) is 1. The number of hydrogen-bond acceptors (Lipinski definition) is 7. The highest BCUT2D eigenvalue weighted by molar-refractivity contribution is 7.09. The van der Waals surface area contributed by atoms with E-state index in [-0.39, 0.29) is 43.3 Å². The molecule has 10 heteroatoms. The summed E-state index contributed by atoms with van der Waals surface area (Å²) in [5.74, 6) is -0.995. The Balaban J connectivity index is 1.56. The molecule has 0 unspecified atom stereocenters. The van der Waals surface area contributed by atoms with Gasteiger partial charge in [-0.1, -0.05) is 48.5 Å². The van der Waals surface area contributed by atoms with Gasteiger partial charge in [-0.3, -0.25) is 14.4 Å². The van der Waals surface area contributed by atoms with E-state index in [1.54, 1.807) is 21.0 Å². The van der Waals surface area contributed by atoms with Gasteiger partial charge < -0.3 is 30.3 Å². The van der Waals surface area contributed by atoms with E-state index in [9.17, 15) is 19.5 Å². The van der Waals surface area contributed by atoms with Crippen LogP contribution in [0.15, 0.2) is 60.0 Å². The minimum absolute atomic E-state index is 0.0773. The zero-order valence-corrected chi connectivity index (χ0v) is 25.4. The van der Waals surface area contributed by atoms with Gasteiger partial charge in [-0.25, -0.2) is 0 Å². The molecule has 0 radical (unpaired) electrons. The van der Waals surface area contributed by atoms with Crippen LogP contribution in [0.5, 0.6) is 0 Å². The lowest BCUT2D eigenvalue weighted by Crippen LogP contribution is -2.56. The Kier molecular flexibility index (Phi) is 11.5. The van der Waals surface area contributed by atoms with Gasteiger partial charge in [0.25, 0.3) is 0 Å². The van der Waals surface area contributed by atoms with E-state index in [0.717, 1.165) is 40.6 Å². The van der Waals surface area contributed by atoms with Crippen molar-refractivity contribution in [3.8, 4) is 0 Å². The Morgan fingerprint density at radius 3 is 2.52 bits per heavy atom. The number of amides is 3. The normalized spacial score (nSPS) is 17.0. The maximum absolute atomic E-state index is 14.2.